The largest absolute Gasteiger partial charge is 0.493 e. The van der Waals surface area contributed by atoms with Crippen LogP contribution >= 0.6 is 0 Å². The number of aliphatic hydroxyl groups excluding tert-OH is 3. The second kappa shape index (κ2) is 5.53. The second-order valence-electron chi connectivity index (χ2n) is 4.02. The van der Waals surface area contributed by atoms with Crippen LogP contribution in [0.5, 0.6) is 11.5 Å². The van der Waals surface area contributed by atoms with E-state index in [1.54, 1.807) is 24.3 Å². The monoisotopic (exact) mass is 256 g/mol. The number of hydrogen-bond donors (Lipinski definition) is 3. The summed E-state index contributed by atoms with van der Waals surface area (Å²) in [5, 5.41) is 28.6. The first-order valence-electron chi connectivity index (χ1n) is 5.59. The van der Waals surface area contributed by atoms with Gasteiger partial charge in [0.15, 0.2) is 11.5 Å². The summed E-state index contributed by atoms with van der Waals surface area (Å²) < 4.78 is 15.7. The van der Waals surface area contributed by atoms with Crippen molar-refractivity contribution < 1.29 is 29.5 Å². The zero-order valence-electron chi connectivity index (χ0n) is 9.89. The highest BCUT2D eigenvalue weighted by Crippen LogP contribution is 2.29. The summed E-state index contributed by atoms with van der Waals surface area (Å²) in [5.41, 5.74) is 0. The molecule has 18 heavy (non-hydrogen) atoms. The lowest BCUT2D eigenvalue weighted by Crippen LogP contribution is -2.54. The highest BCUT2D eigenvalue weighted by atomic mass is 16.7. The molecule has 1 aliphatic heterocycles. The van der Waals surface area contributed by atoms with E-state index in [-0.39, 0.29) is 6.61 Å². The molecule has 6 nitrogen and oxygen atoms in total. The maximum atomic E-state index is 9.73. The van der Waals surface area contributed by atoms with Crippen LogP contribution in [0.25, 0.3) is 0 Å². The second-order valence-corrected chi connectivity index (χ2v) is 4.02. The smallest absolute Gasteiger partial charge is 0.229 e. The molecule has 1 aromatic carbocycles. The van der Waals surface area contributed by atoms with Gasteiger partial charge in [-0.1, -0.05) is 12.1 Å². The number of ether oxygens (including phenoxy) is 3. The van der Waals surface area contributed by atoms with E-state index in [0.29, 0.717) is 11.5 Å². The van der Waals surface area contributed by atoms with Gasteiger partial charge < -0.3 is 29.5 Å². The zero-order chi connectivity index (χ0) is 13.1. The Morgan fingerprint density at radius 2 is 1.78 bits per heavy atom. The summed E-state index contributed by atoms with van der Waals surface area (Å²) in [4.78, 5) is 0. The molecule has 2 rings (SSSR count). The Morgan fingerprint density at radius 3 is 2.44 bits per heavy atom. The van der Waals surface area contributed by atoms with Gasteiger partial charge in [0.1, 0.15) is 18.3 Å². The van der Waals surface area contributed by atoms with Gasteiger partial charge >= 0.3 is 0 Å². The molecule has 0 bridgehead atoms. The van der Waals surface area contributed by atoms with Gasteiger partial charge in [-0.05, 0) is 12.1 Å². The van der Waals surface area contributed by atoms with E-state index in [9.17, 15) is 15.3 Å². The van der Waals surface area contributed by atoms with Crippen molar-refractivity contribution in [2.24, 2.45) is 0 Å². The van der Waals surface area contributed by atoms with E-state index in [1.807, 2.05) is 0 Å². The van der Waals surface area contributed by atoms with Crippen LogP contribution in [-0.4, -0.2) is 53.6 Å². The van der Waals surface area contributed by atoms with Gasteiger partial charge in [-0.15, -0.1) is 0 Å². The van der Waals surface area contributed by atoms with Crippen molar-refractivity contribution in [2.75, 3.05) is 13.7 Å². The van der Waals surface area contributed by atoms with Crippen molar-refractivity contribution >= 4 is 0 Å². The highest BCUT2D eigenvalue weighted by molar-refractivity contribution is 5.39. The quantitative estimate of drug-likeness (QED) is 0.676. The summed E-state index contributed by atoms with van der Waals surface area (Å²) in [7, 11) is 1.50. The minimum atomic E-state index is -1.32. The Kier molecular flexibility index (Phi) is 4.03. The lowest BCUT2D eigenvalue weighted by Gasteiger charge is -2.35. The molecule has 1 saturated heterocycles. The molecule has 3 N–H and O–H groups in total. The summed E-state index contributed by atoms with van der Waals surface area (Å²) in [5.74, 6) is 0.890. The van der Waals surface area contributed by atoms with Gasteiger partial charge in [-0.25, -0.2) is 0 Å². The lowest BCUT2D eigenvalue weighted by molar-refractivity contribution is -0.242. The van der Waals surface area contributed by atoms with E-state index >= 15 is 0 Å². The van der Waals surface area contributed by atoms with Gasteiger partial charge in [0.25, 0.3) is 0 Å². The summed E-state index contributed by atoms with van der Waals surface area (Å²) >= 11 is 0. The van der Waals surface area contributed by atoms with Crippen molar-refractivity contribution in [1.29, 1.82) is 0 Å². The van der Waals surface area contributed by atoms with E-state index < -0.39 is 24.6 Å². The SMILES string of the molecule is COc1ccccc1O[C@H]1OC[C@@H](O)[C@H](O)[C@H]1O. The fraction of sp³-hybridized carbons (Fsp3) is 0.500. The van der Waals surface area contributed by atoms with E-state index in [2.05, 4.69) is 0 Å². The van der Waals surface area contributed by atoms with Crippen molar-refractivity contribution in [3.63, 3.8) is 0 Å². The van der Waals surface area contributed by atoms with E-state index in [4.69, 9.17) is 14.2 Å². The number of methoxy groups -OCH3 is 1. The van der Waals surface area contributed by atoms with Crippen LogP contribution in [0.4, 0.5) is 0 Å². The van der Waals surface area contributed by atoms with E-state index in [1.165, 1.54) is 7.11 Å². The molecule has 4 atom stereocenters. The van der Waals surface area contributed by atoms with Crippen LogP contribution in [0.1, 0.15) is 0 Å². The van der Waals surface area contributed by atoms with Crippen LogP contribution < -0.4 is 9.47 Å². The molecule has 0 spiro atoms. The minimum Gasteiger partial charge on any atom is -0.493 e. The Morgan fingerprint density at radius 1 is 1.11 bits per heavy atom. The van der Waals surface area contributed by atoms with Gasteiger partial charge in [0.2, 0.25) is 6.29 Å². The standard InChI is InChI=1S/C12H16O6/c1-16-8-4-2-3-5-9(8)18-12-11(15)10(14)7(13)6-17-12/h2-5,7,10-15H,6H2,1H3/t7-,10+,11-,12-/m1/s1. The summed E-state index contributed by atoms with van der Waals surface area (Å²) in [6.07, 6.45) is -4.77. The average molecular weight is 256 g/mol. The number of aliphatic hydroxyl groups is 3. The Balaban J connectivity index is 2.09. The van der Waals surface area contributed by atoms with Crippen LogP contribution in [0.15, 0.2) is 24.3 Å². The molecule has 1 heterocycles. The Labute approximate surface area is 104 Å². The minimum absolute atomic E-state index is 0.0992. The third kappa shape index (κ3) is 2.56. The predicted molar refractivity (Wildman–Crippen MR) is 61.4 cm³/mol. The molecule has 0 saturated carbocycles. The van der Waals surface area contributed by atoms with Gasteiger partial charge in [0.05, 0.1) is 13.7 Å². The Hall–Kier alpha value is -1.34. The third-order valence-corrected chi connectivity index (χ3v) is 2.77. The van der Waals surface area contributed by atoms with Crippen molar-refractivity contribution in [2.45, 2.75) is 24.6 Å². The highest BCUT2D eigenvalue weighted by Gasteiger charge is 2.39. The number of hydrogen-bond acceptors (Lipinski definition) is 6. The third-order valence-electron chi connectivity index (χ3n) is 2.77. The molecule has 0 unspecified atom stereocenters. The number of rotatable bonds is 3. The molecule has 6 heteroatoms. The zero-order valence-corrected chi connectivity index (χ0v) is 9.89. The number of benzene rings is 1. The van der Waals surface area contributed by atoms with E-state index in [0.717, 1.165) is 0 Å². The van der Waals surface area contributed by atoms with Crippen LogP contribution in [0.3, 0.4) is 0 Å². The maximum absolute atomic E-state index is 9.73. The van der Waals surface area contributed by atoms with Crippen molar-refractivity contribution in [1.82, 2.24) is 0 Å². The first-order valence-corrected chi connectivity index (χ1v) is 5.59. The molecule has 1 aromatic rings. The predicted octanol–water partition coefficient (Wildman–Crippen LogP) is -0.487. The molecule has 1 aliphatic rings. The van der Waals surface area contributed by atoms with Crippen LogP contribution in [-0.2, 0) is 4.74 Å². The molecule has 0 aromatic heterocycles. The molecular formula is C12H16O6. The summed E-state index contributed by atoms with van der Waals surface area (Å²) in [6, 6.07) is 6.89. The van der Waals surface area contributed by atoms with Crippen LogP contribution in [0, 0.1) is 0 Å². The van der Waals surface area contributed by atoms with Crippen LogP contribution in [0.2, 0.25) is 0 Å². The molecule has 0 aliphatic carbocycles. The Bertz CT molecular complexity index is 396. The fourth-order valence-corrected chi connectivity index (χ4v) is 1.72. The van der Waals surface area contributed by atoms with Crippen molar-refractivity contribution in [3.05, 3.63) is 24.3 Å². The van der Waals surface area contributed by atoms with Gasteiger partial charge in [-0.2, -0.15) is 0 Å². The average Bonchev–Trinajstić information content (AvgIpc) is 2.40. The maximum Gasteiger partial charge on any atom is 0.229 e. The lowest BCUT2D eigenvalue weighted by atomic mass is 10.1. The molecule has 1 fully saturated rings. The number of para-hydroxylation sites is 2. The molecule has 100 valence electrons. The molecule has 0 amide bonds. The molecule has 0 radical (unpaired) electrons. The van der Waals surface area contributed by atoms with Gasteiger partial charge in [-0.3, -0.25) is 0 Å². The first kappa shape index (κ1) is 13.1. The normalized spacial score (nSPS) is 32.0. The topological polar surface area (TPSA) is 88.4 Å². The van der Waals surface area contributed by atoms with Gasteiger partial charge in [0, 0.05) is 0 Å². The van der Waals surface area contributed by atoms with Crippen molar-refractivity contribution in [3.8, 4) is 11.5 Å². The first-order chi connectivity index (χ1) is 8.63. The summed E-state index contributed by atoms with van der Waals surface area (Å²) in [6.45, 7) is -0.0992. The fourth-order valence-electron chi connectivity index (χ4n) is 1.72. The molecular weight excluding hydrogens is 240 g/mol.